The maximum absolute atomic E-state index is 8.96. The molecule has 0 saturated heterocycles. The molecule has 0 aliphatic carbocycles. The molecule has 106 valence electrons. The molecule has 0 amide bonds. The maximum Gasteiger partial charge on any atom is 0.137 e. The average molecular weight is 271 g/mol. The van der Waals surface area contributed by atoms with Gasteiger partial charge in [0.05, 0.1) is 24.2 Å². The minimum absolute atomic E-state index is 0.0511. The highest BCUT2D eigenvalue weighted by molar-refractivity contribution is 5.42. The van der Waals surface area contributed by atoms with Gasteiger partial charge in [0.25, 0.3) is 0 Å². The van der Waals surface area contributed by atoms with Crippen molar-refractivity contribution in [2.45, 2.75) is 20.3 Å². The molecule has 1 aromatic rings. The van der Waals surface area contributed by atoms with Crippen molar-refractivity contribution in [1.29, 1.82) is 10.5 Å². The van der Waals surface area contributed by atoms with E-state index in [4.69, 9.17) is 15.3 Å². The van der Waals surface area contributed by atoms with Crippen LogP contribution in [0.25, 0.3) is 0 Å². The summed E-state index contributed by atoms with van der Waals surface area (Å²) in [5.41, 5.74) is 0.568. The van der Waals surface area contributed by atoms with E-state index < -0.39 is 0 Å². The van der Waals surface area contributed by atoms with Gasteiger partial charge in [0.15, 0.2) is 0 Å². The van der Waals surface area contributed by atoms with E-state index in [1.807, 2.05) is 25.1 Å². The van der Waals surface area contributed by atoms with E-state index in [1.54, 1.807) is 6.07 Å². The quantitative estimate of drug-likeness (QED) is 0.682. The van der Waals surface area contributed by atoms with Gasteiger partial charge in [-0.2, -0.15) is 10.5 Å². The Kier molecular flexibility index (Phi) is 7.17. The molecule has 1 rings (SSSR count). The van der Waals surface area contributed by atoms with Crippen LogP contribution in [0.2, 0.25) is 0 Å². The Labute approximate surface area is 121 Å². The first-order valence-electron chi connectivity index (χ1n) is 6.95. The van der Waals surface area contributed by atoms with E-state index in [-0.39, 0.29) is 5.92 Å². The first-order valence-corrected chi connectivity index (χ1v) is 6.95. The zero-order valence-corrected chi connectivity index (χ0v) is 12.2. The molecule has 0 spiro atoms. The predicted octanol–water partition coefficient (Wildman–Crippen LogP) is 2.81. The van der Waals surface area contributed by atoms with Crippen LogP contribution in [0.5, 0.6) is 5.75 Å². The van der Waals surface area contributed by atoms with Gasteiger partial charge >= 0.3 is 0 Å². The Morgan fingerprint density at radius 1 is 1.30 bits per heavy atom. The Morgan fingerprint density at radius 3 is 2.70 bits per heavy atom. The molecule has 1 unspecified atom stereocenters. The maximum atomic E-state index is 8.96. The van der Waals surface area contributed by atoms with Gasteiger partial charge in [-0.15, -0.1) is 0 Å². The Hall–Kier alpha value is -2.04. The Bertz CT molecular complexity index is 487. The first-order chi connectivity index (χ1) is 9.71. The third kappa shape index (κ3) is 5.30. The topological polar surface area (TPSA) is 60.0 Å². The molecule has 0 aliphatic heterocycles. The van der Waals surface area contributed by atoms with Gasteiger partial charge in [-0.1, -0.05) is 19.1 Å². The van der Waals surface area contributed by atoms with Gasteiger partial charge in [0.2, 0.25) is 0 Å². The fourth-order valence-corrected chi connectivity index (χ4v) is 1.96. The van der Waals surface area contributed by atoms with E-state index in [9.17, 15) is 0 Å². The molecule has 0 heterocycles. The van der Waals surface area contributed by atoms with Crippen LogP contribution in [0.15, 0.2) is 24.3 Å². The largest absolute Gasteiger partial charge is 0.492 e. The predicted molar refractivity (Wildman–Crippen MR) is 78.2 cm³/mol. The van der Waals surface area contributed by atoms with E-state index in [0.29, 0.717) is 17.9 Å². The lowest BCUT2D eigenvalue weighted by atomic mass is 10.2. The van der Waals surface area contributed by atoms with Crippen LogP contribution in [0, 0.1) is 28.6 Å². The molecule has 0 N–H and O–H groups in total. The van der Waals surface area contributed by atoms with Gasteiger partial charge < -0.3 is 9.64 Å². The normalized spacial score (nSPS) is 11.7. The lowest BCUT2D eigenvalue weighted by Crippen LogP contribution is -2.29. The fraction of sp³-hybridized carbons (Fsp3) is 0.500. The number of rotatable bonds is 8. The molecule has 1 aromatic carbocycles. The first kappa shape index (κ1) is 16.0. The number of hydrogen-bond donors (Lipinski definition) is 0. The molecule has 0 saturated carbocycles. The summed E-state index contributed by atoms with van der Waals surface area (Å²) in [5, 5.41) is 17.8. The summed E-state index contributed by atoms with van der Waals surface area (Å²) in [6.45, 7) is 7.23. The summed E-state index contributed by atoms with van der Waals surface area (Å²) in [6.07, 6.45) is 0.881. The van der Waals surface area contributed by atoms with Crippen molar-refractivity contribution in [3.63, 3.8) is 0 Å². The summed E-state index contributed by atoms with van der Waals surface area (Å²) in [7, 11) is 0. The zero-order valence-electron chi connectivity index (χ0n) is 12.2. The number of ether oxygens (including phenoxy) is 1. The van der Waals surface area contributed by atoms with Crippen molar-refractivity contribution in [3.8, 4) is 17.9 Å². The second-order valence-corrected chi connectivity index (χ2v) is 4.73. The highest BCUT2D eigenvalue weighted by Gasteiger charge is 2.08. The van der Waals surface area contributed by atoms with Crippen molar-refractivity contribution in [2.75, 3.05) is 26.2 Å². The third-order valence-corrected chi connectivity index (χ3v) is 3.08. The van der Waals surface area contributed by atoms with Crippen LogP contribution in [0.3, 0.4) is 0 Å². The Morgan fingerprint density at radius 2 is 2.05 bits per heavy atom. The molecule has 0 aliphatic rings. The second kappa shape index (κ2) is 8.96. The molecule has 0 bridgehead atoms. The fourth-order valence-electron chi connectivity index (χ4n) is 1.96. The monoisotopic (exact) mass is 271 g/mol. The van der Waals surface area contributed by atoms with Crippen molar-refractivity contribution >= 4 is 0 Å². The summed E-state index contributed by atoms with van der Waals surface area (Å²) < 4.78 is 5.64. The van der Waals surface area contributed by atoms with E-state index >= 15 is 0 Å². The highest BCUT2D eigenvalue weighted by atomic mass is 16.5. The summed E-state index contributed by atoms with van der Waals surface area (Å²) in [5.74, 6) is 0.693. The molecule has 20 heavy (non-hydrogen) atoms. The van der Waals surface area contributed by atoms with Crippen molar-refractivity contribution < 1.29 is 4.74 Å². The number of hydrogen-bond acceptors (Lipinski definition) is 4. The molecule has 0 aromatic heterocycles. The standard InChI is InChI=1S/C16H21N3O/c1-3-19(13-14(2)11-17)9-6-10-20-16-8-5-4-7-15(16)12-18/h4-5,7-8,14H,3,6,9-10,13H2,1-2H3. The minimum atomic E-state index is 0.0511. The second-order valence-electron chi connectivity index (χ2n) is 4.73. The number of nitrogens with zero attached hydrogens (tertiary/aromatic N) is 3. The van der Waals surface area contributed by atoms with Gasteiger partial charge in [0.1, 0.15) is 11.8 Å². The third-order valence-electron chi connectivity index (χ3n) is 3.08. The average Bonchev–Trinajstić information content (AvgIpc) is 2.50. The Balaban J connectivity index is 2.34. The number of para-hydroxylation sites is 1. The smallest absolute Gasteiger partial charge is 0.137 e. The molecule has 0 radical (unpaired) electrons. The number of nitriles is 2. The van der Waals surface area contributed by atoms with Gasteiger partial charge in [-0.05, 0) is 32.0 Å². The number of benzene rings is 1. The lowest BCUT2D eigenvalue weighted by molar-refractivity contribution is 0.231. The van der Waals surface area contributed by atoms with Crippen LogP contribution in [0.1, 0.15) is 25.8 Å². The van der Waals surface area contributed by atoms with Gasteiger partial charge in [0, 0.05) is 13.1 Å². The van der Waals surface area contributed by atoms with Crippen LogP contribution in [0.4, 0.5) is 0 Å². The summed E-state index contributed by atoms with van der Waals surface area (Å²) in [4.78, 5) is 2.24. The van der Waals surface area contributed by atoms with E-state index in [1.165, 1.54) is 0 Å². The molecule has 0 fully saturated rings. The SMILES string of the molecule is CCN(CCCOc1ccccc1C#N)CC(C)C#N. The highest BCUT2D eigenvalue weighted by Crippen LogP contribution is 2.16. The summed E-state index contributed by atoms with van der Waals surface area (Å²) >= 11 is 0. The van der Waals surface area contributed by atoms with Crippen LogP contribution in [-0.4, -0.2) is 31.1 Å². The van der Waals surface area contributed by atoms with Crippen LogP contribution < -0.4 is 4.74 Å². The molecule has 1 atom stereocenters. The molecule has 4 nitrogen and oxygen atoms in total. The summed E-state index contributed by atoms with van der Waals surface area (Å²) in [6, 6.07) is 11.6. The van der Waals surface area contributed by atoms with Crippen molar-refractivity contribution in [3.05, 3.63) is 29.8 Å². The lowest BCUT2D eigenvalue weighted by Gasteiger charge is -2.21. The zero-order chi connectivity index (χ0) is 14.8. The van der Waals surface area contributed by atoms with Crippen LogP contribution >= 0.6 is 0 Å². The van der Waals surface area contributed by atoms with Gasteiger partial charge in [-0.25, -0.2) is 0 Å². The van der Waals surface area contributed by atoms with Crippen molar-refractivity contribution in [1.82, 2.24) is 4.90 Å². The van der Waals surface area contributed by atoms with Gasteiger partial charge in [-0.3, -0.25) is 0 Å². The van der Waals surface area contributed by atoms with E-state index in [2.05, 4.69) is 24.0 Å². The van der Waals surface area contributed by atoms with Crippen LogP contribution in [-0.2, 0) is 0 Å². The molecular formula is C16H21N3O. The van der Waals surface area contributed by atoms with Crippen molar-refractivity contribution in [2.24, 2.45) is 5.92 Å². The molecule has 4 heteroatoms. The minimum Gasteiger partial charge on any atom is -0.492 e. The molecular weight excluding hydrogens is 250 g/mol. The van der Waals surface area contributed by atoms with E-state index in [0.717, 1.165) is 26.1 Å².